The minimum atomic E-state index is -0.143. The standard InChI is InChI=1S/C21H20ClNO3S/c1-12-9-16(18(26-2)11-14(12)22)23-15-5-3-6-17(24)21(15)13(10-20(23)25)19-7-4-8-27-19/h4,7-9,11,13H,3,5-6,10H2,1-2H3. The molecule has 2 heterocycles. The number of ether oxygens (including phenoxy) is 1. The number of thiophene rings is 1. The second-order valence-electron chi connectivity index (χ2n) is 6.91. The van der Waals surface area contributed by atoms with Crippen LogP contribution in [0.5, 0.6) is 5.75 Å². The summed E-state index contributed by atoms with van der Waals surface area (Å²) in [5.41, 5.74) is 3.14. The summed E-state index contributed by atoms with van der Waals surface area (Å²) in [5, 5.41) is 2.58. The van der Waals surface area contributed by atoms with Crippen LogP contribution in [0.25, 0.3) is 0 Å². The molecule has 4 nitrogen and oxygen atoms in total. The van der Waals surface area contributed by atoms with Crippen molar-refractivity contribution in [1.29, 1.82) is 0 Å². The fourth-order valence-electron chi connectivity index (χ4n) is 3.99. The Morgan fingerprint density at radius 1 is 1.26 bits per heavy atom. The molecule has 0 N–H and O–H groups in total. The Bertz CT molecular complexity index is 949. The summed E-state index contributed by atoms with van der Waals surface area (Å²) in [6, 6.07) is 7.58. The maximum atomic E-state index is 13.2. The van der Waals surface area contributed by atoms with Crippen LogP contribution >= 0.6 is 22.9 Å². The molecule has 27 heavy (non-hydrogen) atoms. The number of allylic oxidation sites excluding steroid dienone is 2. The van der Waals surface area contributed by atoms with Crippen molar-refractivity contribution >= 4 is 40.3 Å². The van der Waals surface area contributed by atoms with E-state index in [1.165, 1.54) is 0 Å². The molecule has 1 atom stereocenters. The fraction of sp³-hybridized carbons (Fsp3) is 0.333. The van der Waals surface area contributed by atoms with E-state index in [1.54, 1.807) is 29.4 Å². The molecule has 1 aliphatic heterocycles. The van der Waals surface area contributed by atoms with Gasteiger partial charge in [0.25, 0.3) is 0 Å². The van der Waals surface area contributed by atoms with Crippen LogP contribution in [0.1, 0.15) is 42.0 Å². The molecule has 0 saturated heterocycles. The number of anilines is 1. The number of aryl methyl sites for hydroxylation is 1. The molecule has 1 aromatic carbocycles. The zero-order valence-electron chi connectivity index (χ0n) is 15.3. The van der Waals surface area contributed by atoms with Crippen LogP contribution in [0.3, 0.4) is 0 Å². The summed E-state index contributed by atoms with van der Waals surface area (Å²) in [6.45, 7) is 1.90. The van der Waals surface area contributed by atoms with E-state index in [2.05, 4.69) is 0 Å². The van der Waals surface area contributed by atoms with E-state index in [-0.39, 0.29) is 24.0 Å². The fourth-order valence-corrected chi connectivity index (χ4v) is 4.98. The average molecular weight is 402 g/mol. The molecule has 1 aromatic heterocycles. The van der Waals surface area contributed by atoms with Crippen LogP contribution in [-0.4, -0.2) is 18.8 Å². The van der Waals surface area contributed by atoms with Crippen LogP contribution in [0, 0.1) is 6.92 Å². The van der Waals surface area contributed by atoms with Gasteiger partial charge >= 0.3 is 0 Å². The topological polar surface area (TPSA) is 46.6 Å². The number of carbonyl (C=O) groups is 2. The molecule has 0 radical (unpaired) electrons. The van der Waals surface area contributed by atoms with Gasteiger partial charge in [-0.05, 0) is 42.8 Å². The number of halogens is 1. The Morgan fingerprint density at radius 2 is 2.07 bits per heavy atom. The number of carbonyl (C=O) groups excluding carboxylic acids is 2. The Hall–Kier alpha value is -2.11. The lowest BCUT2D eigenvalue weighted by Crippen LogP contribution is -2.40. The number of methoxy groups -OCH3 is 1. The van der Waals surface area contributed by atoms with Gasteiger partial charge in [0.15, 0.2) is 5.78 Å². The van der Waals surface area contributed by atoms with Crippen molar-refractivity contribution < 1.29 is 14.3 Å². The van der Waals surface area contributed by atoms with E-state index in [0.717, 1.165) is 28.1 Å². The highest BCUT2D eigenvalue weighted by Crippen LogP contribution is 2.46. The maximum Gasteiger partial charge on any atom is 0.232 e. The molecule has 0 spiro atoms. The molecule has 0 saturated carbocycles. The van der Waals surface area contributed by atoms with Crippen molar-refractivity contribution in [2.45, 2.75) is 38.5 Å². The van der Waals surface area contributed by atoms with Crippen molar-refractivity contribution in [3.8, 4) is 5.75 Å². The second kappa shape index (κ2) is 7.13. The summed E-state index contributed by atoms with van der Waals surface area (Å²) in [4.78, 5) is 28.8. The summed E-state index contributed by atoms with van der Waals surface area (Å²) in [5.74, 6) is 0.535. The molecule has 2 aliphatic rings. The zero-order chi connectivity index (χ0) is 19.1. The molecule has 0 bridgehead atoms. The second-order valence-corrected chi connectivity index (χ2v) is 8.30. The van der Waals surface area contributed by atoms with Crippen molar-refractivity contribution in [2.75, 3.05) is 12.0 Å². The maximum absolute atomic E-state index is 13.2. The van der Waals surface area contributed by atoms with Gasteiger partial charge in [0, 0.05) is 46.0 Å². The predicted octanol–water partition coefficient (Wildman–Crippen LogP) is 5.25. The van der Waals surface area contributed by atoms with E-state index < -0.39 is 0 Å². The number of benzene rings is 1. The lowest BCUT2D eigenvalue weighted by atomic mass is 9.79. The predicted molar refractivity (Wildman–Crippen MR) is 108 cm³/mol. The first-order valence-corrected chi connectivity index (χ1v) is 10.2. The highest BCUT2D eigenvalue weighted by atomic mass is 35.5. The molecule has 1 aliphatic carbocycles. The summed E-state index contributed by atoms with van der Waals surface area (Å²) < 4.78 is 5.50. The van der Waals surface area contributed by atoms with Crippen LogP contribution in [0.2, 0.25) is 5.02 Å². The third-order valence-electron chi connectivity index (χ3n) is 5.26. The zero-order valence-corrected chi connectivity index (χ0v) is 16.8. The van der Waals surface area contributed by atoms with Gasteiger partial charge in [0.05, 0.1) is 12.8 Å². The number of ketones is 1. The quantitative estimate of drug-likeness (QED) is 0.705. The molecule has 140 valence electrons. The molecular weight excluding hydrogens is 382 g/mol. The van der Waals surface area contributed by atoms with E-state index in [4.69, 9.17) is 16.3 Å². The Labute approximate surface area is 167 Å². The van der Waals surface area contributed by atoms with Crippen LogP contribution in [-0.2, 0) is 9.59 Å². The van der Waals surface area contributed by atoms with Gasteiger partial charge in [-0.25, -0.2) is 0 Å². The molecule has 0 fully saturated rings. The van der Waals surface area contributed by atoms with Crippen LogP contribution in [0.15, 0.2) is 40.9 Å². The minimum Gasteiger partial charge on any atom is -0.495 e. The van der Waals surface area contributed by atoms with E-state index in [9.17, 15) is 9.59 Å². The van der Waals surface area contributed by atoms with Gasteiger partial charge in [-0.2, -0.15) is 0 Å². The first kappa shape index (κ1) is 18.3. The van der Waals surface area contributed by atoms with Gasteiger partial charge in [-0.1, -0.05) is 17.7 Å². The molecular formula is C21H20ClNO3S. The number of hydrogen-bond acceptors (Lipinski definition) is 4. The van der Waals surface area contributed by atoms with Crippen molar-refractivity contribution in [3.63, 3.8) is 0 Å². The highest BCUT2D eigenvalue weighted by Gasteiger charge is 2.40. The summed E-state index contributed by atoms with van der Waals surface area (Å²) >= 11 is 7.84. The van der Waals surface area contributed by atoms with E-state index in [1.807, 2.05) is 30.5 Å². The van der Waals surface area contributed by atoms with Crippen molar-refractivity contribution in [1.82, 2.24) is 0 Å². The largest absolute Gasteiger partial charge is 0.495 e. The number of nitrogens with zero attached hydrogens (tertiary/aromatic N) is 1. The first-order chi connectivity index (χ1) is 13.0. The normalized spacial score (nSPS) is 20.1. The third-order valence-corrected chi connectivity index (χ3v) is 6.66. The number of Topliss-reactive ketones (excluding diaryl/α,β-unsaturated/α-hetero) is 1. The Morgan fingerprint density at radius 3 is 2.78 bits per heavy atom. The van der Waals surface area contributed by atoms with Gasteiger partial charge in [-0.15, -0.1) is 11.3 Å². The lowest BCUT2D eigenvalue weighted by molar-refractivity contribution is -0.119. The molecule has 1 amide bonds. The van der Waals surface area contributed by atoms with E-state index >= 15 is 0 Å². The van der Waals surface area contributed by atoms with Crippen molar-refractivity contribution in [3.05, 3.63) is 56.4 Å². The third kappa shape index (κ3) is 3.09. The SMILES string of the molecule is COc1cc(Cl)c(C)cc1N1C(=O)CC(c2cccs2)C2=C1CCCC2=O. The van der Waals surface area contributed by atoms with Gasteiger partial charge in [0.1, 0.15) is 5.75 Å². The van der Waals surface area contributed by atoms with Gasteiger partial charge in [0.2, 0.25) is 5.91 Å². The molecule has 2 aromatic rings. The molecule has 6 heteroatoms. The summed E-state index contributed by atoms with van der Waals surface area (Å²) in [6.07, 6.45) is 2.29. The molecule has 1 unspecified atom stereocenters. The minimum absolute atomic E-state index is 0.0122. The Balaban J connectivity index is 1.91. The van der Waals surface area contributed by atoms with Crippen molar-refractivity contribution in [2.24, 2.45) is 0 Å². The Kier molecular flexibility index (Phi) is 4.82. The molecule has 4 rings (SSSR count). The van der Waals surface area contributed by atoms with Crippen LogP contribution in [0.4, 0.5) is 5.69 Å². The van der Waals surface area contributed by atoms with Crippen LogP contribution < -0.4 is 9.64 Å². The number of rotatable bonds is 3. The number of hydrogen-bond donors (Lipinski definition) is 0. The summed E-state index contributed by atoms with van der Waals surface area (Å²) in [7, 11) is 1.56. The first-order valence-electron chi connectivity index (χ1n) is 8.98. The average Bonchev–Trinajstić information content (AvgIpc) is 3.18. The van der Waals surface area contributed by atoms with Gasteiger partial charge < -0.3 is 4.74 Å². The highest BCUT2D eigenvalue weighted by molar-refractivity contribution is 7.10. The van der Waals surface area contributed by atoms with Gasteiger partial charge in [-0.3, -0.25) is 14.5 Å². The van der Waals surface area contributed by atoms with E-state index in [0.29, 0.717) is 29.3 Å². The number of amides is 1. The monoisotopic (exact) mass is 401 g/mol. The smallest absolute Gasteiger partial charge is 0.232 e. The lowest BCUT2D eigenvalue weighted by Gasteiger charge is -2.38.